The van der Waals surface area contributed by atoms with Crippen molar-refractivity contribution in [1.29, 1.82) is 0 Å². The van der Waals surface area contributed by atoms with E-state index in [1.54, 1.807) is 24.8 Å². The summed E-state index contributed by atoms with van der Waals surface area (Å²) in [6, 6.07) is 3.13. The first-order valence-corrected chi connectivity index (χ1v) is 10.4. The average molecular weight is 403 g/mol. The fraction of sp³-hybridized carbons (Fsp3) is 0.476. The maximum absolute atomic E-state index is 13.5. The quantitative estimate of drug-likeness (QED) is 0.521. The molecule has 0 N–H and O–H groups in total. The second kappa shape index (κ2) is 7.91. The van der Waals surface area contributed by atoms with Gasteiger partial charge in [0.2, 0.25) is 0 Å². The molecule has 1 aliphatic carbocycles. The van der Waals surface area contributed by atoms with Crippen LogP contribution in [0.2, 0.25) is 0 Å². The van der Waals surface area contributed by atoms with Gasteiger partial charge in [-0.15, -0.1) is 11.3 Å². The summed E-state index contributed by atoms with van der Waals surface area (Å²) in [6.45, 7) is 7.87. The van der Waals surface area contributed by atoms with E-state index < -0.39 is 12.0 Å². The summed E-state index contributed by atoms with van der Waals surface area (Å²) in [4.78, 5) is 41.1. The zero-order valence-corrected chi connectivity index (χ0v) is 17.8. The first-order chi connectivity index (χ1) is 13.3. The van der Waals surface area contributed by atoms with Crippen LogP contribution in [0, 0.1) is 13.8 Å². The van der Waals surface area contributed by atoms with Crippen molar-refractivity contribution in [2.75, 3.05) is 7.11 Å². The van der Waals surface area contributed by atoms with E-state index in [-0.39, 0.29) is 17.7 Å². The minimum atomic E-state index is -0.599. The van der Waals surface area contributed by atoms with Crippen LogP contribution >= 0.6 is 11.3 Å². The first-order valence-electron chi connectivity index (χ1n) is 9.51. The third-order valence-electron chi connectivity index (χ3n) is 5.41. The van der Waals surface area contributed by atoms with Crippen molar-refractivity contribution in [3.8, 4) is 0 Å². The summed E-state index contributed by atoms with van der Waals surface area (Å²) in [6.07, 6.45) is 1.83. The van der Waals surface area contributed by atoms with Crippen molar-refractivity contribution >= 4 is 29.0 Å². The summed E-state index contributed by atoms with van der Waals surface area (Å²) in [7, 11) is 1.34. The van der Waals surface area contributed by atoms with Crippen LogP contribution in [0.5, 0.6) is 0 Å². The number of esters is 1. The first kappa shape index (κ1) is 20.3. The summed E-state index contributed by atoms with van der Waals surface area (Å²) in [5, 5.41) is 1.86. The van der Waals surface area contributed by atoms with E-state index in [1.165, 1.54) is 18.4 Å². The summed E-state index contributed by atoms with van der Waals surface area (Å²) in [5.74, 6) is -0.691. The Morgan fingerprint density at radius 2 is 2.00 bits per heavy atom. The Hall–Kier alpha value is -2.41. The van der Waals surface area contributed by atoms with Crippen molar-refractivity contribution in [1.82, 2.24) is 9.47 Å². The van der Waals surface area contributed by atoms with Crippen molar-refractivity contribution < 1.29 is 19.1 Å². The molecule has 150 valence electrons. The number of carbonyl (C=O) groups is 3. The number of amides is 1. The molecule has 0 radical (unpaired) electrons. The number of carbonyl (C=O) groups excluding carboxylic acids is 3. The monoisotopic (exact) mass is 402 g/mol. The molecule has 6 nitrogen and oxygen atoms in total. The Labute approximate surface area is 169 Å². The second-order valence-electron chi connectivity index (χ2n) is 7.13. The molecule has 1 amide bonds. The molecule has 1 unspecified atom stereocenters. The highest BCUT2D eigenvalue weighted by molar-refractivity contribution is 7.12. The Morgan fingerprint density at radius 3 is 2.50 bits per heavy atom. The lowest BCUT2D eigenvalue weighted by atomic mass is 9.99. The highest BCUT2D eigenvalue weighted by Gasteiger charge is 2.40. The van der Waals surface area contributed by atoms with Crippen LogP contribution in [-0.4, -0.2) is 46.3 Å². The molecule has 7 heteroatoms. The number of ether oxygens (including phenoxy) is 1. The normalized spacial score (nSPS) is 14.6. The molecule has 0 aliphatic heterocycles. The largest absolute Gasteiger partial charge is 0.464 e. The second-order valence-corrected chi connectivity index (χ2v) is 8.08. The third kappa shape index (κ3) is 3.39. The van der Waals surface area contributed by atoms with E-state index in [4.69, 9.17) is 4.74 Å². The number of rotatable bonds is 7. The van der Waals surface area contributed by atoms with Crippen molar-refractivity contribution in [2.24, 2.45) is 0 Å². The van der Waals surface area contributed by atoms with Gasteiger partial charge in [-0.25, -0.2) is 4.79 Å². The van der Waals surface area contributed by atoms with Crippen molar-refractivity contribution in [2.45, 2.75) is 59.2 Å². The molecule has 28 heavy (non-hydrogen) atoms. The Kier molecular flexibility index (Phi) is 5.74. The van der Waals surface area contributed by atoms with E-state index in [9.17, 15) is 14.4 Å². The molecule has 1 atom stereocenters. The molecule has 2 heterocycles. The van der Waals surface area contributed by atoms with Gasteiger partial charge < -0.3 is 14.2 Å². The standard InChI is InChI=1S/C21H26N2O4S/c1-6-22-13(3)17(12(2)18(22)21(26)27-5)19(24)14(4)23(15-9-10-15)20(25)16-8-7-11-28-16/h7-8,11,14-15H,6,9-10H2,1-5H3. The van der Waals surface area contributed by atoms with Gasteiger partial charge in [0.1, 0.15) is 5.69 Å². The van der Waals surface area contributed by atoms with Crippen LogP contribution < -0.4 is 0 Å². The topological polar surface area (TPSA) is 68.6 Å². The SMILES string of the molecule is CCn1c(C)c(C(=O)C(C)N(C(=O)c2cccs2)C2CC2)c(C)c1C(=O)OC. The number of methoxy groups -OCH3 is 1. The van der Waals surface area contributed by atoms with Crippen LogP contribution in [0.3, 0.4) is 0 Å². The summed E-state index contributed by atoms with van der Waals surface area (Å²) >= 11 is 1.39. The van der Waals surface area contributed by atoms with Crippen LogP contribution in [0.4, 0.5) is 0 Å². The van der Waals surface area contributed by atoms with Crippen molar-refractivity contribution in [3.05, 3.63) is 44.9 Å². The number of hydrogen-bond donors (Lipinski definition) is 0. The summed E-state index contributed by atoms with van der Waals surface area (Å²) < 4.78 is 6.73. The van der Waals surface area contributed by atoms with E-state index in [1.807, 2.05) is 29.9 Å². The van der Waals surface area contributed by atoms with Gasteiger partial charge in [0, 0.05) is 23.8 Å². The zero-order valence-electron chi connectivity index (χ0n) is 16.9. The van der Waals surface area contributed by atoms with Gasteiger partial charge in [-0.05, 0) is 57.5 Å². The van der Waals surface area contributed by atoms with Gasteiger partial charge in [-0.1, -0.05) is 6.07 Å². The Morgan fingerprint density at radius 1 is 1.32 bits per heavy atom. The summed E-state index contributed by atoms with van der Waals surface area (Å²) in [5.41, 5.74) is 2.26. The van der Waals surface area contributed by atoms with E-state index in [2.05, 4.69) is 0 Å². The van der Waals surface area contributed by atoms with Crippen LogP contribution in [0.1, 0.15) is 68.5 Å². The zero-order chi connectivity index (χ0) is 20.6. The number of hydrogen-bond acceptors (Lipinski definition) is 5. The van der Waals surface area contributed by atoms with Gasteiger partial charge in [-0.3, -0.25) is 9.59 Å². The molecule has 0 saturated heterocycles. The minimum Gasteiger partial charge on any atom is -0.464 e. The molecule has 0 aromatic carbocycles. The smallest absolute Gasteiger partial charge is 0.354 e. The predicted molar refractivity (Wildman–Crippen MR) is 108 cm³/mol. The molecule has 1 saturated carbocycles. The highest BCUT2D eigenvalue weighted by atomic mass is 32.1. The molecule has 3 rings (SSSR count). The molecule has 1 fully saturated rings. The van der Waals surface area contributed by atoms with Gasteiger partial charge >= 0.3 is 5.97 Å². The van der Waals surface area contributed by atoms with Crippen molar-refractivity contribution in [3.63, 3.8) is 0 Å². The van der Waals surface area contributed by atoms with Gasteiger partial charge in [0.15, 0.2) is 5.78 Å². The fourth-order valence-corrected chi connectivity index (χ4v) is 4.55. The number of aromatic nitrogens is 1. The fourth-order valence-electron chi connectivity index (χ4n) is 3.89. The third-order valence-corrected chi connectivity index (χ3v) is 6.27. The number of ketones is 1. The number of Topliss-reactive ketones (excluding diaryl/α,β-unsaturated/α-hetero) is 1. The molecule has 2 aromatic heterocycles. The van der Waals surface area contributed by atoms with Crippen LogP contribution in [-0.2, 0) is 11.3 Å². The van der Waals surface area contributed by atoms with Gasteiger partial charge in [0.25, 0.3) is 5.91 Å². The maximum Gasteiger partial charge on any atom is 0.354 e. The molecule has 2 aromatic rings. The molecule has 0 bridgehead atoms. The van der Waals surface area contributed by atoms with Gasteiger partial charge in [-0.2, -0.15) is 0 Å². The molecule has 1 aliphatic rings. The van der Waals surface area contributed by atoms with E-state index in [0.717, 1.165) is 18.5 Å². The molecular formula is C21H26N2O4S. The molecule has 0 spiro atoms. The average Bonchev–Trinajstić information content (AvgIpc) is 3.27. The lowest BCUT2D eigenvalue weighted by Gasteiger charge is -2.28. The Balaban J connectivity index is 2.00. The lowest BCUT2D eigenvalue weighted by molar-refractivity contribution is 0.0586. The maximum atomic E-state index is 13.5. The minimum absolute atomic E-state index is 0.0995. The Bertz CT molecular complexity index is 909. The predicted octanol–water partition coefficient (Wildman–Crippen LogP) is 3.85. The van der Waals surface area contributed by atoms with E-state index >= 15 is 0 Å². The number of nitrogens with zero attached hydrogens (tertiary/aromatic N) is 2. The van der Waals surface area contributed by atoms with E-state index in [0.29, 0.717) is 28.2 Å². The van der Waals surface area contributed by atoms with Gasteiger partial charge in [0.05, 0.1) is 18.0 Å². The van der Waals surface area contributed by atoms with Crippen LogP contribution in [0.15, 0.2) is 17.5 Å². The molecular weight excluding hydrogens is 376 g/mol. The lowest BCUT2D eigenvalue weighted by Crippen LogP contribution is -2.44. The van der Waals surface area contributed by atoms with Crippen LogP contribution in [0.25, 0.3) is 0 Å². The number of thiophene rings is 1. The highest BCUT2D eigenvalue weighted by Crippen LogP contribution is 2.33.